The molecule has 0 saturated heterocycles. The molecule has 0 N–H and O–H groups in total. The molecule has 4 aromatic heterocycles. The van der Waals surface area contributed by atoms with Gasteiger partial charge in [-0.3, -0.25) is 0 Å². The van der Waals surface area contributed by atoms with Crippen molar-refractivity contribution in [1.29, 1.82) is 0 Å². The Morgan fingerprint density at radius 2 is 0.432 bits per heavy atom. The van der Waals surface area contributed by atoms with E-state index in [1.165, 1.54) is 192 Å². The molecule has 0 nitrogen and oxygen atoms in total. The predicted octanol–water partition coefficient (Wildman–Crippen LogP) is 39.3. The van der Waals surface area contributed by atoms with E-state index in [1.807, 2.05) is 51.4 Å². The van der Waals surface area contributed by atoms with Gasteiger partial charge in [0.2, 0.25) is 0 Å². The number of thiophene rings is 4. The van der Waals surface area contributed by atoms with Crippen LogP contribution in [0.2, 0.25) is 0 Å². The van der Waals surface area contributed by atoms with Crippen molar-refractivity contribution >= 4 is 232 Å². The fourth-order valence-electron chi connectivity index (χ4n) is 16.7. The van der Waals surface area contributed by atoms with Crippen LogP contribution in [0.15, 0.2) is 451 Å². The van der Waals surface area contributed by atoms with Gasteiger partial charge in [-0.2, -0.15) is 0 Å². The molecule has 10 heteroatoms. The molecule has 0 saturated carbocycles. The smallest absolute Gasteiger partial charge is 0.0356 e. The minimum absolute atomic E-state index is 0.00361. The van der Waals surface area contributed by atoms with E-state index >= 15 is 0 Å². The third-order valence-corrected chi connectivity index (χ3v) is 30.8. The maximum atomic E-state index is 3.65. The molecule has 0 atom stereocenters. The molecule has 0 spiro atoms. The molecule has 0 amide bonds. The minimum Gasteiger partial charge on any atom is -0.135 e. The lowest BCUT2D eigenvalue weighted by atomic mass is 9.81. The molecule has 0 radical (unpaired) electrons. The molecule has 24 rings (SSSR count). The topological polar surface area (TPSA) is 0 Å². The van der Waals surface area contributed by atoms with Gasteiger partial charge in [0.1, 0.15) is 0 Å². The first-order valence-electron chi connectivity index (χ1n) is 41.2. The summed E-state index contributed by atoms with van der Waals surface area (Å²) in [5.74, 6) is 0. The summed E-state index contributed by atoms with van der Waals surface area (Å²) in [4.78, 5) is 0. The molecule has 1 aliphatic rings. The van der Waals surface area contributed by atoms with Crippen LogP contribution in [-0.4, -0.2) is 0 Å². The maximum Gasteiger partial charge on any atom is 0.0356 e. The fraction of sp³-hybridized carbons (Fsp3) is 0.0261. The Hall–Kier alpha value is -10.8. The van der Waals surface area contributed by atoms with Crippen molar-refractivity contribution in [2.45, 2.75) is 19.3 Å². The average molecular weight is 2070 g/mol. The van der Waals surface area contributed by atoms with Crippen molar-refractivity contribution in [3.63, 3.8) is 0 Å². The molecule has 0 fully saturated rings. The van der Waals surface area contributed by atoms with E-state index in [-0.39, 0.29) is 5.41 Å². The normalized spacial score (nSPS) is 11.7. The minimum atomic E-state index is 0.00361. The van der Waals surface area contributed by atoms with Gasteiger partial charge >= 0.3 is 0 Å². The summed E-state index contributed by atoms with van der Waals surface area (Å²) in [6.45, 7) is 4.67. The van der Waals surface area contributed by atoms with Gasteiger partial charge in [0.25, 0.3) is 0 Å². The van der Waals surface area contributed by atoms with Gasteiger partial charge in [-0.05, 0) is 263 Å². The van der Waals surface area contributed by atoms with Crippen LogP contribution in [0.5, 0.6) is 0 Å². The van der Waals surface area contributed by atoms with E-state index in [1.54, 1.807) is 0 Å². The van der Waals surface area contributed by atoms with Crippen LogP contribution in [0.4, 0.5) is 0 Å². The molecular weight excluding hydrogens is 1990 g/mol. The summed E-state index contributed by atoms with van der Waals surface area (Å²) < 4.78 is 17.6. The Kier molecular flexibility index (Phi) is 25.1. The zero-order chi connectivity index (χ0) is 85.1. The molecular formula is C115H76Br6S4. The summed E-state index contributed by atoms with van der Waals surface area (Å²) in [6.07, 6.45) is 0. The Balaban J connectivity index is 0.0000000997. The fourth-order valence-corrected chi connectivity index (χ4v) is 23.0. The maximum absolute atomic E-state index is 3.65. The first-order chi connectivity index (χ1) is 61.1. The molecule has 4 heterocycles. The summed E-state index contributed by atoms with van der Waals surface area (Å²) in [5, 5.41) is 13.4. The summed E-state index contributed by atoms with van der Waals surface area (Å²) in [7, 11) is 0. The number of benzene rings is 19. The van der Waals surface area contributed by atoms with E-state index in [4.69, 9.17) is 0 Å². The lowest BCUT2D eigenvalue weighted by molar-refractivity contribution is 0.660. The van der Waals surface area contributed by atoms with Gasteiger partial charge in [0, 0.05) is 113 Å². The van der Waals surface area contributed by atoms with Gasteiger partial charge in [0.05, 0.1) is 0 Å². The molecule has 0 unspecified atom stereocenters. The second-order valence-electron chi connectivity index (χ2n) is 31.3. The van der Waals surface area contributed by atoms with Crippen LogP contribution in [0, 0.1) is 0 Å². The largest absolute Gasteiger partial charge is 0.135 e. The summed E-state index contributed by atoms with van der Waals surface area (Å²) in [6, 6.07) is 152. The van der Waals surface area contributed by atoms with E-state index in [9.17, 15) is 0 Å². The monoisotopic (exact) mass is 2060 g/mol. The number of halogens is 6. The highest BCUT2D eigenvalue weighted by atomic mass is 79.9. The number of rotatable bonds is 7. The highest BCUT2D eigenvalue weighted by molar-refractivity contribution is 9.11. The Morgan fingerprint density at radius 3 is 0.904 bits per heavy atom. The zero-order valence-electron chi connectivity index (χ0n) is 67.8. The van der Waals surface area contributed by atoms with Crippen LogP contribution >= 0.6 is 141 Å². The third kappa shape index (κ3) is 18.3. The molecule has 0 bridgehead atoms. The Morgan fingerprint density at radius 1 is 0.160 bits per heavy atom. The van der Waals surface area contributed by atoms with E-state index in [0.29, 0.717) is 0 Å². The van der Waals surface area contributed by atoms with Crippen molar-refractivity contribution < 1.29 is 0 Å². The van der Waals surface area contributed by atoms with E-state index < -0.39 is 0 Å². The number of hydrogen-bond donors (Lipinski definition) is 0. The van der Waals surface area contributed by atoms with Crippen molar-refractivity contribution in [2.75, 3.05) is 0 Å². The molecule has 0 aliphatic heterocycles. The lowest BCUT2D eigenvalue weighted by Gasteiger charge is -2.22. The zero-order valence-corrected chi connectivity index (χ0v) is 80.6. The molecule has 1 aliphatic carbocycles. The van der Waals surface area contributed by atoms with E-state index in [2.05, 4.69) is 528 Å². The first kappa shape index (κ1) is 83.7. The molecule has 602 valence electrons. The summed E-state index contributed by atoms with van der Waals surface area (Å²) >= 11 is 28.6. The standard InChI is InChI=1S/C27H19BrS.C24H15BrS.C18H11BrS.C18H13Br.C16H11Br.C12H7BrS/c1-27(2)23-14-17(7-10-19(23)20-11-9-18(28)15-24(20)27)16-8-12-26-22(13-16)21-5-3-4-6-25(21)29-26;25-20-12-9-17(10-13-20)16-5-7-18(8-6-16)19-11-14-24-22(15-19)21-3-1-2-4-23(21)26-24;19-14-8-5-12(6-9-14)13-7-10-18-16(11-13)15-3-1-2-4-17(15)20-18;19-18-11-9-15(10-12-18)17-8-4-7-16(13-17)14-5-2-1-3-6-14;17-14-8-3-7-13(11-14)16-10-4-6-12-5-1-2-9-15(12)16;13-8-5-6-12-10(7-8)9-3-1-2-4-11(9)14-12/h3-15H,1-2H3;1-15H;1-11H;1-13H;1-11H;1-7H. The quantitative estimate of drug-likeness (QED) is 0.149. The van der Waals surface area contributed by atoms with Crippen molar-refractivity contribution in [3.05, 3.63) is 463 Å². The van der Waals surface area contributed by atoms with Crippen LogP contribution < -0.4 is 0 Å². The second kappa shape index (κ2) is 37.4. The third-order valence-electron chi connectivity index (χ3n) is 23.1. The molecule has 23 aromatic rings. The second-order valence-corrected chi connectivity index (χ2v) is 41.2. The number of fused-ring (bicyclic) bond motifs is 16. The first-order valence-corrected chi connectivity index (χ1v) is 49.2. The van der Waals surface area contributed by atoms with Crippen LogP contribution in [0.3, 0.4) is 0 Å². The highest BCUT2D eigenvalue weighted by Crippen LogP contribution is 2.51. The van der Waals surface area contributed by atoms with Gasteiger partial charge in [-0.1, -0.05) is 382 Å². The van der Waals surface area contributed by atoms with Crippen LogP contribution in [0.1, 0.15) is 25.0 Å². The van der Waals surface area contributed by atoms with Crippen molar-refractivity contribution in [1.82, 2.24) is 0 Å². The highest BCUT2D eigenvalue weighted by Gasteiger charge is 2.36. The molecule has 19 aromatic carbocycles. The van der Waals surface area contributed by atoms with Crippen LogP contribution in [0.25, 0.3) is 180 Å². The van der Waals surface area contributed by atoms with Crippen molar-refractivity contribution in [3.8, 4) is 89.0 Å². The summed E-state index contributed by atoms with van der Waals surface area (Å²) in [5.41, 5.74) is 23.2. The Bertz CT molecular complexity index is 7870. The SMILES string of the molecule is Brc1ccc(-c2ccc(-c3ccc4sc5ccccc5c4c3)cc2)cc1.Brc1ccc(-c2ccc3sc4ccccc4c3c2)cc1.Brc1ccc(-c2cccc(-c3ccccc3)c2)cc1.Brc1ccc2sc3ccccc3c2c1.Brc1cccc(-c2cccc3ccccc23)c1.CC1(C)c2cc(Br)ccc2-c2ccc(-c3ccc4sc5ccccc5c4c3)cc21. The van der Waals surface area contributed by atoms with Gasteiger partial charge in [0.15, 0.2) is 0 Å². The Labute approximate surface area is 794 Å². The van der Waals surface area contributed by atoms with Gasteiger partial charge in [-0.25, -0.2) is 0 Å². The van der Waals surface area contributed by atoms with Gasteiger partial charge in [-0.15, -0.1) is 45.3 Å². The average Bonchev–Trinajstić information content (AvgIpc) is 1.57. The molecule has 125 heavy (non-hydrogen) atoms. The van der Waals surface area contributed by atoms with E-state index in [0.717, 1.165) is 26.8 Å². The van der Waals surface area contributed by atoms with Gasteiger partial charge < -0.3 is 0 Å². The predicted molar refractivity (Wildman–Crippen MR) is 570 cm³/mol. The number of hydrogen-bond acceptors (Lipinski definition) is 4. The lowest BCUT2D eigenvalue weighted by Crippen LogP contribution is -2.15. The van der Waals surface area contributed by atoms with Crippen LogP contribution in [-0.2, 0) is 5.41 Å². The van der Waals surface area contributed by atoms with Crippen molar-refractivity contribution in [2.24, 2.45) is 0 Å².